The molecule has 1 aliphatic heterocycles. The Kier molecular flexibility index (Phi) is 5.52. The van der Waals surface area contributed by atoms with Gasteiger partial charge in [0.15, 0.2) is 0 Å². The first-order valence-electron chi connectivity index (χ1n) is 7.32. The van der Waals surface area contributed by atoms with Crippen LogP contribution in [-0.4, -0.2) is 49.9 Å². The summed E-state index contributed by atoms with van der Waals surface area (Å²) in [6.07, 6.45) is 3.63. The van der Waals surface area contributed by atoms with Crippen LogP contribution >= 0.6 is 0 Å². The third-order valence-corrected chi connectivity index (χ3v) is 3.83. The smallest absolute Gasteiger partial charge is 0.341 e. The molecular weight excluding hydrogens is 270 g/mol. The first kappa shape index (κ1) is 15.7. The van der Waals surface area contributed by atoms with Crippen LogP contribution in [0.1, 0.15) is 30.1 Å². The van der Waals surface area contributed by atoms with Gasteiger partial charge in [-0.15, -0.1) is 0 Å². The number of hydrogen-bond donors (Lipinski definition) is 1. The molecule has 0 saturated carbocycles. The summed E-state index contributed by atoms with van der Waals surface area (Å²) in [5, 5.41) is 0. The molecule has 0 radical (unpaired) electrons. The highest BCUT2D eigenvalue weighted by Crippen LogP contribution is 2.27. The van der Waals surface area contributed by atoms with E-state index >= 15 is 0 Å². The molecule has 6 heteroatoms. The number of esters is 1. The van der Waals surface area contributed by atoms with Gasteiger partial charge in [-0.1, -0.05) is 0 Å². The van der Waals surface area contributed by atoms with E-state index in [4.69, 9.17) is 15.2 Å². The predicted molar refractivity (Wildman–Crippen MR) is 80.4 cm³/mol. The zero-order valence-corrected chi connectivity index (χ0v) is 12.6. The molecule has 116 valence electrons. The largest absolute Gasteiger partial charge is 0.462 e. The molecular formula is C15H23N3O3. The van der Waals surface area contributed by atoms with Gasteiger partial charge in [-0.05, 0) is 31.9 Å². The van der Waals surface area contributed by atoms with E-state index in [9.17, 15) is 4.79 Å². The highest BCUT2D eigenvalue weighted by molar-refractivity contribution is 5.94. The van der Waals surface area contributed by atoms with Crippen molar-refractivity contribution in [3.8, 4) is 0 Å². The summed E-state index contributed by atoms with van der Waals surface area (Å²) < 4.78 is 10.5. The topological polar surface area (TPSA) is 77.7 Å². The van der Waals surface area contributed by atoms with Crippen LogP contribution < -0.4 is 10.6 Å². The number of methoxy groups -OCH3 is 1. The predicted octanol–water partition coefficient (Wildman–Crippen LogP) is 1.20. The van der Waals surface area contributed by atoms with Crippen molar-refractivity contribution in [3.63, 3.8) is 0 Å². The van der Waals surface area contributed by atoms with Crippen molar-refractivity contribution in [3.05, 3.63) is 23.9 Å². The molecule has 2 rings (SSSR count). The summed E-state index contributed by atoms with van der Waals surface area (Å²) in [4.78, 5) is 18.6. The number of piperidine rings is 1. The van der Waals surface area contributed by atoms with Gasteiger partial charge < -0.3 is 20.1 Å². The molecule has 6 nitrogen and oxygen atoms in total. The molecule has 2 N–H and O–H groups in total. The average molecular weight is 293 g/mol. The lowest BCUT2D eigenvalue weighted by Gasteiger charge is -2.39. The Hall–Kier alpha value is -1.66. The number of rotatable bonds is 5. The maximum absolute atomic E-state index is 12.1. The Morgan fingerprint density at radius 1 is 1.57 bits per heavy atom. The quantitative estimate of drug-likeness (QED) is 0.822. The van der Waals surface area contributed by atoms with Gasteiger partial charge in [-0.3, -0.25) is 0 Å². The zero-order valence-electron chi connectivity index (χ0n) is 12.6. The zero-order chi connectivity index (χ0) is 15.2. The lowest BCUT2D eigenvalue weighted by atomic mass is 9.98. The van der Waals surface area contributed by atoms with Gasteiger partial charge in [0.1, 0.15) is 11.4 Å². The molecule has 2 atom stereocenters. The molecule has 0 aliphatic carbocycles. The first-order valence-corrected chi connectivity index (χ1v) is 7.32. The van der Waals surface area contributed by atoms with E-state index in [0.29, 0.717) is 24.5 Å². The van der Waals surface area contributed by atoms with Crippen LogP contribution in [0.3, 0.4) is 0 Å². The number of nitrogens with two attached hydrogens (primary N) is 1. The molecule has 1 saturated heterocycles. The molecule has 1 aromatic heterocycles. The summed E-state index contributed by atoms with van der Waals surface area (Å²) in [7, 11) is 1.72. The van der Waals surface area contributed by atoms with Crippen LogP contribution in [0.2, 0.25) is 0 Å². The third-order valence-electron chi connectivity index (χ3n) is 3.83. The number of pyridine rings is 1. The molecule has 21 heavy (non-hydrogen) atoms. The van der Waals surface area contributed by atoms with Crippen molar-refractivity contribution in [1.29, 1.82) is 0 Å². The Bertz CT molecular complexity index is 481. The molecule has 1 aromatic rings. The highest BCUT2D eigenvalue weighted by Gasteiger charge is 2.31. The normalized spacial score (nSPS) is 22.1. The third kappa shape index (κ3) is 3.51. The van der Waals surface area contributed by atoms with E-state index in [-0.39, 0.29) is 18.1 Å². The van der Waals surface area contributed by atoms with Crippen molar-refractivity contribution in [2.45, 2.75) is 31.9 Å². The Labute approximate surface area is 125 Å². The maximum atomic E-state index is 12.1. The molecule has 2 unspecified atom stereocenters. The lowest BCUT2D eigenvalue weighted by molar-refractivity contribution is 0.0525. The Morgan fingerprint density at radius 3 is 3.05 bits per heavy atom. The highest BCUT2D eigenvalue weighted by atomic mass is 16.5. The van der Waals surface area contributed by atoms with E-state index in [1.54, 1.807) is 32.4 Å². The van der Waals surface area contributed by atoms with Crippen LogP contribution in [0, 0.1) is 0 Å². The molecule has 1 fully saturated rings. The number of hydrogen-bond acceptors (Lipinski definition) is 6. The van der Waals surface area contributed by atoms with E-state index < -0.39 is 0 Å². The molecule has 2 heterocycles. The van der Waals surface area contributed by atoms with Crippen molar-refractivity contribution < 1.29 is 14.3 Å². The van der Waals surface area contributed by atoms with E-state index in [1.165, 1.54) is 0 Å². The first-order chi connectivity index (χ1) is 10.2. The summed E-state index contributed by atoms with van der Waals surface area (Å²) in [5.74, 6) is 0.311. The van der Waals surface area contributed by atoms with Crippen LogP contribution in [-0.2, 0) is 9.47 Å². The van der Waals surface area contributed by atoms with Gasteiger partial charge in [0.2, 0.25) is 0 Å². The average Bonchev–Trinajstić information content (AvgIpc) is 2.54. The van der Waals surface area contributed by atoms with Gasteiger partial charge in [0, 0.05) is 32.4 Å². The summed E-state index contributed by atoms with van der Waals surface area (Å²) in [6.45, 7) is 3.41. The minimum atomic E-state index is -0.342. The van der Waals surface area contributed by atoms with Gasteiger partial charge in [0.05, 0.1) is 12.7 Å². The van der Waals surface area contributed by atoms with E-state index in [2.05, 4.69) is 9.88 Å². The fourth-order valence-corrected chi connectivity index (χ4v) is 2.72. The van der Waals surface area contributed by atoms with Gasteiger partial charge in [0.25, 0.3) is 0 Å². The Balaban J connectivity index is 2.26. The lowest BCUT2D eigenvalue weighted by Crippen LogP contribution is -2.49. The number of ether oxygens (including phenoxy) is 2. The fraction of sp³-hybridized carbons (Fsp3) is 0.600. The van der Waals surface area contributed by atoms with Crippen LogP contribution in [0.5, 0.6) is 0 Å². The van der Waals surface area contributed by atoms with Gasteiger partial charge in [-0.2, -0.15) is 0 Å². The van der Waals surface area contributed by atoms with Crippen molar-refractivity contribution in [2.24, 2.45) is 5.73 Å². The number of anilines is 1. The molecule has 1 aliphatic rings. The molecule has 0 spiro atoms. The summed E-state index contributed by atoms with van der Waals surface area (Å²) in [6, 6.07) is 3.61. The SMILES string of the molecule is CCOC(=O)c1cccnc1N1CCC(OC)CC1CN. The summed E-state index contributed by atoms with van der Waals surface area (Å²) in [5.41, 5.74) is 6.39. The van der Waals surface area contributed by atoms with Crippen molar-refractivity contribution >= 4 is 11.8 Å². The monoisotopic (exact) mass is 293 g/mol. The molecule has 0 aromatic carbocycles. The number of aromatic nitrogens is 1. The van der Waals surface area contributed by atoms with Gasteiger partial charge >= 0.3 is 5.97 Å². The Morgan fingerprint density at radius 2 is 2.38 bits per heavy atom. The van der Waals surface area contributed by atoms with Crippen LogP contribution in [0.25, 0.3) is 0 Å². The number of nitrogens with zero attached hydrogens (tertiary/aromatic N) is 2. The minimum absolute atomic E-state index is 0.117. The van der Waals surface area contributed by atoms with Crippen molar-refractivity contribution in [1.82, 2.24) is 4.98 Å². The molecule has 0 bridgehead atoms. The van der Waals surface area contributed by atoms with Gasteiger partial charge in [-0.25, -0.2) is 9.78 Å². The summed E-state index contributed by atoms with van der Waals surface area (Å²) >= 11 is 0. The van der Waals surface area contributed by atoms with Crippen molar-refractivity contribution in [2.75, 3.05) is 31.7 Å². The maximum Gasteiger partial charge on any atom is 0.341 e. The second kappa shape index (κ2) is 7.38. The van der Waals surface area contributed by atoms with E-state index in [1.807, 2.05) is 0 Å². The second-order valence-corrected chi connectivity index (χ2v) is 5.06. The van der Waals surface area contributed by atoms with Crippen LogP contribution in [0.4, 0.5) is 5.82 Å². The van der Waals surface area contributed by atoms with E-state index in [0.717, 1.165) is 19.4 Å². The standard InChI is InChI=1S/C15H23N3O3/c1-3-21-15(19)13-5-4-7-17-14(13)18-8-6-12(20-2)9-11(18)10-16/h4-5,7,11-12H,3,6,8-10,16H2,1-2H3. The number of carbonyl (C=O) groups excluding carboxylic acids is 1. The number of carbonyl (C=O) groups is 1. The molecule has 0 amide bonds. The fourth-order valence-electron chi connectivity index (χ4n) is 2.72. The minimum Gasteiger partial charge on any atom is -0.462 e. The van der Waals surface area contributed by atoms with Crippen LogP contribution in [0.15, 0.2) is 18.3 Å². The second-order valence-electron chi connectivity index (χ2n) is 5.06.